The molecule has 0 fully saturated rings. The van der Waals surface area contributed by atoms with Gasteiger partial charge in [0.1, 0.15) is 11.0 Å². The minimum atomic E-state index is -3.91. The van der Waals surface area contributed by atoms with Crippen molar-refractivity contribution in [3.63, 3.8) is 0 Å². The second-order valence-electron chi connectivity index (χ2n) is 3.40. The van der Waals surface area contributed by atoms with E-state index in [1.165, 1.54) is 24.4 Å². The normalized spacial score (nSPS) is 10.9. The molecule has 2 rings (SSSR count). The molecule has 0 bridgehead atoms. The summed E-state index contributed by atoms with van der Waals surface area (Å²) in [5.74, 6) is -0.0137. The van der Waals surface area contributed by atoms with Gasteiger partial charge in [-0.1, -0.05) is 5.16 Å². The van der Waals surface area contributed by atoms with Crippen molar-refractivity contribution >= 4 is 15.9 Å². The third-order valence-electron chi connectivity index (χ3n) is 2.03. The number of hydrogen-bond acceptors (Lipinski definition) is 6. The molecule has 7 nitrogen and oxygen atoms in total. The first-order valence-corrected chi connectivity index (χ1v) is 6.32. The minimum absolute atomic E-state index is 0.0137. The molecule has 0 aliphatic carbocycles. The van der Waals surface area contributed by atoms with Gasteiger partial charge in [-0.25, -0.2) is 18.1 Å². The van der Waals surface area contributed by atoms with Crippen LogP contribution in [0.2, 0.25) is 0 Å². The third-order valence-corrected chi connectivity index (χ3v) is 3.41. The lowest BCUT2D eigenvalue weighted by Gasteiger charge is -2.04. The zero-order valence-corrected chi connectivity index (χ0v) is 10.1. The number of sulfonamides is 1. The van der Waals surface area contributed by atoms with Crippen molar-refractivity contribution in [2.45, 2.75) is 11.8 Å². The summed E-state index contributed by atoms with van der Waals surface area (Å²) in [6.07, 6.45) is 1.34. The van der Waals surface area contributed by atoms with Gasteiger partial charge >= 0.3 is 0 Å². The lowest BCUT2D eigenvalue weighted by molar-refractivity contribution is 0.430. The van der Waals surface area contributed by atoms with E-state index in [4.69, 9.17) is 9.78 Å². The van der Waals surface area contributed by atoms with Gasteiger partial charge in [-0.3, -0.25) is 0 Å². The van der Waals surface area contributed by atoms with Crippen molar-refractivity contribution in [3.8, 4) is 6.07 Å². The average molecular weight is 264 g/mol. The number of pyridine rings is 1. The zero-order chi connectivity index (χ0) is 13.2. The standard InChI is InChI=1S/C10H8N4O3S/c1-7-5-10(17-13-7)14-18(15,16)9-3-2-4-12-8(9)6-11/h2-5,14H,1H3. The van der Waals surface area contributed by atoms with Crippen LogP contribution in [0.4, 0.5) is 5.88 Å². The summed E-state index contributed by atoms with van der Waals surface area (Å²) in [7, 11) is -3.91. The van der Waals surface area contributed by atoms with Crippen LogP contribution in [0.15, 0.2) is 33.8 Å². The fourth-order valence-corrected chi connectivity index (χ4v) is 2.37. The zero-order valence-electron chi connectivity index (χ0n) is 9.28. The average Bonchev–Trinajstić information content (AvgIpc) is 2.74. The van der Waals surface area contributed by atoms with Crippen LogP contribution in [0.5, 0.6) is 0 Å². The number of rotatable bonds is 3. The predicted molar refractivity (Wildman–Crippen MR) is 61.0 cm³/mol. The highest BCUT2D eigenvalue weighted by Crippen LogP contribution is 2.18. The van der Waals surface area contributed by atoms with E-state index < -0.39 is 10.0 Å². The predicted octanol–water partition coefficient (Wildman–Crippen LogP) is 1.05. The summed E-state index contributed by atoms with van der Waals surface area (Å²) in [5.41, 5.74) is 0.362. The molecule has 1 N–H and O–H groups in total. The molecular formula is C10H8N4O3S. The Kier molecular flexibility index (Phi) is 2.99. The van der Waals surface area contributed by atoms with Gasteiger partial charge in [-0.05, 0) is 19.1 Å². The second-order valence-corrected chi connectivity index (χ2v) is 5.05. The van der Waals surface area contributed by atoms with E-state index in [-0.39, 0.29) is 16.5 Å². The van der Waals surface area contributed by atoms with Gasteiger partial charge in [-0.15, -0.1) is 0 Å². The lowest BCUT2D eigenvalue weighted by Crippen LogP contribution is -2.14. The Bertz CT molecular complexity index is 715. The van der Waals surface area contributed by atoms with Crippen molar-refractivity contribution in [2.24, 2.45) is 0 Å². The molecule has 0 saturated heterocycles. The highest BCUT2D eigenvalue weighted by atomic mass is 32.2. The van der Waals surface area contributed by atoms with Crippen molar-refractivity contribution in [1.29, 1.82) is 5.26 Å². The molecule has 0 aliphatic rings. The molecule has 18 heavy (non-hydrogen) atoms. The number of nitriles is 1. The van der Waals surface area contributed by atoms with E-state index in [9.17, 15) is 8.42 Å². The van der Waals surface area contributed by atoms with E-state index >= 15 is 0 Å². The van der Waals surface area contributed by atoms with Crippen LogP contribution in [-0.4, -0.2) is 18.6 Å². The molecule has 0 saturated carbocycles. The fraction of sp³-hybridized carbons (Fsp3) is 0.100. The van der Waals surface area contributed by atoms with Crippen molar-refractivity contribution in [1.82, 2.24) is 10.1 Å². The largest absolute Gasteiger partial charge is 0.338 e. The third kappa shape index (κ3) is 2.31. The number of hydrogen-bond donors (Lipinski definition) is 1. The van der Waals surface area contributed by atoms with Gasteiger partial charge < -0.3 is 4.52 Å². The molecule has 2 aromatic rings. The molecular weight excluding hydrogens is 256 g/mol. The van der Waals surface area contributed by atoms with E-state index in [0.29, 0.717) is 5.69 Å². The molecule has 0 unspecified atom stereocenters. The monoisotopic (exact) mass is 264 g/mol. The molecule has 0 radical (unpaired) electrons. The van der Waals surface area contributed by atoms with Gasteiger partial charge in [0.25, 0.3) is 10.0 Å². The Morgan fingerprint density at radius 3 is 2.89 bits per heavy atom. The minimum Gasteiger partial charge on any atom is -0.338 e. The van der Waals surface area contributed by atoms with Crippen LogP contribution in [0.1, 0.15) is 11.4 Å². The molecule has 0 aliphatic heterocycles. The summed E-state index contributed by atoms with van der Waals surface area (Å²) in [6, 6.07) is 5.87. The molecule has 8 heteroatoms. The Hall–Kier alpha value is -2.40. The molecule has 2 heterocycles. The van der Waals surface area contributed by atoms with Gasteiger partial charge in [0.15, 0.2) is 5.69 Å². The van der Waals surface area contributed by atoms with Crippen LogP contribution in [0.3, 0.4) is 0 Å². The van der Waals surface area contributed by atoms with E-state index in [1.54, 1.807) is 13.0 Å². The number of anilines is 1. The Labute approximate surface area is 103 Å². The van der Waals surface area contributed by atoms with Gasteiger partial charge in [0, 0.05) is 12.3 Å². The number of aromatic nitrogens is 2. The van der Waals surface area contributed by atoms with Gasteiger partial charge in [0.05, 0.1) is 5.69 Å². The van der Waals surface area contributed by atoms with Gasteiger partial charge in [0.2, 0.25) is 5.88 Å². The summed E-state index contributed by atoms with van der Waals surface area (Å²) < 4.78 is 30.9. The summed E-state index contributed by atoms with van der Waals surface area (Å²) in [5, 5.41) is 12.4. The molecule has 2 aromatic heterocycles. The Balaban J connectivity index is 2.40. The Morgan fingerprint density at radius 1 is 1.50 bits per heavy atom. The molecule has 0 aromatic carbocycles. The first kappa shape index (κ1) is 12.1. The number of aryl methyl sites for hydroxylation is 1. The van der Waals surface area contributed by atoms with E-state index in [2.05, 4.69) is 14.9 Å². The van der Waals surface area contributed by atoms with Crippen LogP contribution in [0.25, 0.3) is 0 Å². The maximum Gasteiger partial charge on any atom is 0.267 e. The first-order valence-electron chi connectivity index (χ1n) is 4.84. The van der Waals surface area contributed by atoms with E-state index in [1.807, 2.05) is 0 Å². The van der Waals surface area contributed by atoms with Crippen LogP contribution < -0.4 is 4.72 Å². The maximum atomic E-state index is 12.0. The summed E-state index contributed by atoms with van der Waals surface area (Å²) in [6.45, 7) is 1.66. The maximum absolute atomic E-state index is 12.0. The smallest absolute Gasteiger partial charge is 0.267 e. The molecule has 92 valence electrons. The highest BCUT2D eigenvalue weighted by Gasteiger charge is 2.20. The quantitative estimate of drug-likeness (QED) is 0.887. The number of nitrogens with one attached hydrogen (secondary N) is 1. The van der Waals surface area contributed by atoms with E-state index in [0.717, 1.165) is 0 Å². The topological polar surface area (TPSA) is 109 Å². The Morgan fingerprint density at radius 2 is 2.28 bits per heavy atom. The summed E-state index contributed by atoms with van der Waals surface area (Å²) in [4.78, 5) is 3.48. The van der Waals surface area contributed by atoms with Crippen molar-refractivity contribution in [3.05, 3.63) is 35.8 Å². The highest BCUT2D eigenvalue weighted by molar-refractivity contribution is 7.92. The second kappa shape index (κ2) is 4.46. The van der Waals surface area contributed by atoms with Crippen LogP contribution in [-0.2, 0) is 10.0 Å². The number of nitrogens with zero attached hydrogens (tertiary/aromatic N) is 3. The molecule has 0 amide bonds. The lowest BCUT2D eigenvalue weighted by atomic mass is 10.4. The van der Waals surface area contributed by atoms with Gasteiger partial charge in [-0.2, -0.15) is 5.26 Å². The van der Waals surface area contributed by atoms with Crippen molar-refractivity contribution < 1.29 is 12.9 Å². The van der Waals surface area contributed by atoms with Crippen LogP contribution >= 0.6 is 0 Å². The fourth-order valence-electron chi connectivity index (χ4n) is 1.29. The van der Waals surface area contributed by atoms with Crippen LogP contribution in [0, 0.1) is 18.3 Å². The molecule has 0 spiro atoms. The summed E-state index contributed by atoms with van der Waals surface area (Å²) >= 11 is 0. The molecule has 0 atom stereocenters. The SMILES string of the molecule is Cc1cc(NS(=O)(=O)c2cccnc2C#N)on1. The van der Waals surface area contributed by atoms with Crippen molar-refractivity contribution in [2.75, 3.05) is 4.72 Å². The first-order chi connectivity index (χ1) is 8.53.